The van der Waals surface area contributed by atoms with E-state index in [0.717, 1.165) is 18.4 Å². The van der Waals surface area contributed by atoms with E-state index in [2.05, 4.69) is 20.8 Å². The van der Waals surface area contributed by atoms with Gasteiger partial charge in [0.1, 0.15) is 11.8 Å². The first-order valence-electron chi connectivity index (χ1n) is 8.23. The molecule has 1 aromatic carbocycles. The molecule has 0 fully saturated rings. The van der Waals surface area contributed by atoms with Crippen molar-refractivity contribution in [3.63, 3.8) is 0 Å². The zero-order valence-electron chi connectivity index (χ0n) is 14.5. The Morgan fingerprint density at radius 2 is 2.16 bits per heavy atom. The molecule has 1 atom stereocenters. The first-order valence-corrected chi connectivity index (χ1v) is 8.23. The fourth-order valence-corrected chi connectivity index (χ4v) is 2.84. The van der Waals surface area contributed by atoms with Gasteiger partial charge in [-0.05, 0) is 29.8 Å². The van der Waals surface area contributed by atoms with Crippen LogP contribution in [-0.2, 0) is 9.53 Å². The number of ether oxygens (including phenoxy) is 2. The number of tetrazole rings is 1. The van der Waals surface area contributed by atoms with E-state index in [9.17, 15) is 4.79 Å². The zero-order chi connectivity index (χ0) is 17.8. The number of allylic oxidation sites excluding steroid dienone is 1. The number of benzene rings is 1. The van der Waals surface area contributed by atoms with E-state index < -0.39 is 6.04 Å². The molecule has 2 aromatic rings. The summed E-state index contributed by atoms with van der Waals surface area (Å²) in [7, 11) is 1.59. The van der Waals surface area contributed by atoms with Crippen LogP contribution in [0.25, 0.3) is 0 Å². The Bertz CT molecular complexity index is 799. The maximum absolute atomic E-state index is 12.8. The molecule has 1 aliphatic rings. The molecular formula is C17H21N5O3. The van der Waals surface area contributed by atoms with Crippen LogP contribution in [0.5, 0.6) is 5.75 Å². The standard InChI is InChI=1S/C17H21N5O3/c1-4-5-10-25-16(23)14-11(2)18-17-19-20-21-22(17)15(14)12-8-6-7-9-13(12)24-3/h6-9,15H,4-5,10H2,1-3H3,(H,18,19,21). The molecule has 8 heteroatoms. The Hall–Kier alpha value is -2.90. The van der Waals surface area contributed by atoms with Gasteiger partial charge < -0.3 is 14.8 Å². The second-order valence-corrected chi connectivity index (χ2v) is 5.74. The Balaban J connectivity index is 2.06. The summed E-state index contributed by atoms with van der Waals surface area (Å²) in [5, 5.41) is 14.8. The molecule has 8 nitrogen and oxygen atoms in total. The zero-order valence-corrected chi connectivity index (χ0v) is 14.5. The van der Waals surface area contributed by atoms with Crippen LogP contribution in [0.15, 0.2) is 35.5 Å². The van der Waals surface area contributed by atoms with Crippen molar-refractivity contribution in [1.29, 1.82) is 0 Å². The Kier molecular flexibility index (Phi) is 4.97. The molecule has 0 bridgehead atoms. The lowest BCUT2D eigenvalue weighted by atomic mass is 9.95. The molecule has 1 N–H and O–H groups in total. The molecule has 0 radical (unpaired) electrons. The lowest BCUT2D eigenvalue weighted by Crippen LogP contribution is -2.30. The number of hydrogen-bond donors (Lipinski definition) is 1. The van der Waals surface area contributed by atoms with E-state index in [1.807, 2.05) is 38.1 Å². The van der Waals surface area contributed by atoms with Gasteiger partial charge in [-0.15, -0.1) is 0 Å². The molecule has 2 heterocycles. The quantitative estimate of drug-likeness (QED) is 0.635. The Morgan fingerprint density at radius 1 is 1.36 bits per heavy atom. The van der Waals surface area contributed by atoms with E-state index in [0.29, 0.717) is 29.6 Å². The first kappa shape index (κ1) is 16.9. The minimum atomic E-state index is -0.517. The van der Waals surface area contributed by atoms with Crippen molar-refractivity contribution >= 4 is 11.9 Å². The third-order valence-corrected chi connectivity index (χ3v) is 4.10. The van der Waals surface area contributed by atoms with Crippen LogP contribution in [0.3, 0.4) is 0 Å². The monoisotopic (exact) mass is 343 g/mol. The topological polar surface area (TPSA) is 91.2 Å². The molecule has 1 aliphatic heterocycles. The fraction of sp³-hybridized carbons (Fsp3) is 0.412. The van der Waals surface area contributed by atoms with Gasteiger partial charge in [-0.2, -0.15) is 4.68 Å². The largest absolute Gasteiger partial charge is 0.496 e. The molecule has 132 valence electrons. The highest BCUT2D eigenvalue weighted by Crippen LogP contribution is 2.38. The van der Waals surface area contributed by atoms with Crippen molar-refractivity contribution in [2.45, 2.75) is 32.7 Å². The van der Waals surface area contributed by atoms with Crippen LogP contribution < -0.4 is 10.1 Å². The number of methoxy groups -OCH3 is 1. The third-order valence-electron chi connectivity index (χ3n) is 4.10. The molecule has 0 spiro atoms. The first-order chi connectivity index (χ1) is 12.2. The van der Waals surface area contributed by atoms with Gasteiger partial charge in [0, 0.05) is 11.3 Å². The lowest BCUT2D eigenvalue weighted by molar-refractivity contribution is -0.139. The summed E-state index contributed by atoms with van der Waals surface area (Å²) in [6.07, 6.45) is 1.78. The van der Waals surface area contributed by atoms with Gasteiger partial charge in [-0.25, -0.2) is 4.79 Å². The van der Waals surface area contributed by atoms with Crippen molar-refractivity contribution in [1.82, 2.24) is 20.2 Å². The number of aromatic nitrogens is 4. The fourth-order valence-electron chi connectivity index (χ4n) is 2.84. The number of hydrogen-bond acceptors (Lipinski definition) is 7. The minimum absolute atomic E-state index is 0.379. The van der Waals surface area contributed by atoms with Gasteiger partial charge in [0.15, 0.2) is 0 Å². The van der Waals surface area contributed by atoms with Crippen molar-refractivity contribution in [3.05, 3.63) is 41.1 Å². The number of nitrogens with zero attached hydrogens (tertiary/aromatic N) is 4. The van der Waals surface area contributed by atoms with Crippen molar-refractivity contribution in [2.24, 2.45) is 0 Å². The number of unbranched alkanes of at least 4 members (excludes halogenated alkanes) is 1. The molecule has 0 saturated heterocycles. The average molecular weight is 343 g/mol. The van der Waals surface area contributed by atoms with E-state index >= 15 is 0 Å². The van der Waals surface area contributed by atoms with E-state index in [1.165, 1.54) is 0 Å². The van der Waals surface area contributed by atoms with E-state index in [4.69, 9.17) is 9.47 Å². The summed E-state index contributed by atoms with van der Waals surface area (Å²) in [6.45, 7) is 4.25. The molecule has 25 heavy (non-hydrogen) atoms. The third kappa shape index (κ3) is 3.19. The van der Waals surface area contributed by atoms with Gasteiger partial charge in [-0.1, -0.05) is 36.6 Å². The highest BCUT2D eigenvalue weighted by atomic mass is 16.5. The molecule has 0 saturated carbocycles. The summed E-state index contributed by atoms with van der Waals surface area (Å²) in [5.74, 6) is 0.747. The number of para-hydroxylation sites is 1. The number of nitrogens with one attached hydrogen (secondary N) is 1. The van der Waals surface area contributed by atoms with Crippen LogP contribution >= 0.6 is 0 Å². The molecule has 0 amide bonds. The molecule has 1 aromatic heterocycles. The maximum atomic E-state index is 12.8. The average Bonchev–Trinajstić information content (AvgIpc) is 3.08. The summed E-state index contributed by atoms with van der Waals surface area (Å²) >= 11 is 0. The molecule has 0 aliphatic carbocycles. The predicted octanol–water partition coefficient (Wildman–Crippen LogP) is 2.31. The predicted molar refractivity (Wildman–Crippen MR) is 91.1 cm³/mol. The van der Waals surface area contributed by atoms with Gasteiger partial charge in [0.25, 0.3) is 0 Å². The SMILES string of the molecule is CCCCOC(=O)C1=C(C)Nc2nnnn2C1c1ccccc1OC. The van der Waals surface area contributed by atoms with Crippen molar-refractivity contribution < 1.29 is 14.3 Å². The number of anilines is 1. The van der Waals surface area contributed by atoms with Gasteiger partial charge in [-0.3, -0.25) is 0 Å². The Labute approximate surface area is 145 Å². The molecule has 3 rings (SSSR count). The van der Waals surface area contributed by atoms with Crippen LogP contribution in [0.4, 0.5) is 5.95 Å². The smallest absolute Gasteiger partial charge is 0.338 e. The van der Waals surface area contributed by atoms with Crippen LogP contribution in [0.1, 0.15) is 38.3 Å². The van der Waals surface area contributed by atoms with Gasteiger partial charge >= 0.3 is 5.97 Å². The summed E-state index contributed by atoms with van der Waals surface area (Å²) < 4.78 is 12.5. The van der Waals surface area contributed by atoms with E-state index in [1.54, 1.807) is 11.8 Å². The second-order valence-electron chi connectivity index (χ2n) is 5.74. The number of carbonyl (C=O) groups excluding carboxylic acids is 1. The number of esters is 1. The second kappa shape index (κ2) is 7.33. The number of rotatable bonds is 6. The highest BCUT2D eigenvalue weighted by Gasteiger charge is 2.36. The summed E-state index contributed by atoms with van der Waals surface area (Å²) in [6, 6.07) is 6.99. The minimum Gasteiger partial charge on any atom is -0.496 e. The summed E-state index contributed by atoms with van der Waals surface area (Å²) in [4.78, 5) is 12.8. The normalized spacial score (nSPS) is 16.2. The maximum Gasteiger partial charge on any atom is 0.338 e. The van der Waals surface area contributed by atoms with Gasteiger partial charge in [0.2, 0.25) is 5.95 Å². The van der Waals surface area contributed by atoms with Gasteiger partial charge in [0.05, 0.1) is 19.3 Å². The molecular weight excluding hydrogens is 322 g/mol. The van der Waals surface area contributed by atoms with Crippen molar-refractivity contribution in [2.75, 3.05) is 19.0 Å². The summed E-state index contributed by atoms with van der Waals surface area (Å²) in [5.41, 5.74) is 1.93. The molecule has 1 unspecified atom stereocenters. The lowest BCUT2D eigenvalue weighted by Gasteiger charge is -2.28. The van der Waals surface area contributed by atoms with E-state index in [-0.39, 0.29) is 5.97 Å². The highest BCUT2D eigenvalue weighted by molar-refractivity contribution is 5.92. The van der Waals surface area contributed by atoms with Crippen LogP contribution in [-0.4, -0.2) is 39.9 Å². The number of fused-ring (bicyclic) bond motifs is 1. The number of carbonyl (C=O) groups is 1. The Morgan fingerprint density at radius 3 is 2.92 bits per heavy atom. The van der Waals surface area contributed by atoms with Crippen LogP contribution in [0, 0.1) is 0 Å². The van der Waals surface area contributed by atoms with Crippen molar-refractivity contribution in [3.8, 4) is 5.75 Å². The van der Waals surface area contributed by atoms with Crippen LogP contribution in [0.2, 0.25) is 0 Å².